The minimum Gasteiger partial charge on any atom is -0.454 e. The Balaban J connectivity index is 1.77. The van der Waals surface area contributed by atoms with Crippen LogP contribution in [0.3, 0.4) is 0 Å². The number of fused-ring (bicyclic) bond motifs is 1. The number of hydrogen-bond acceptors (Lipinski definition) is 6. The van der Waals surface area contributed by atoms with Crippen molar-refractivity contribution < 1.29 is 31.9 Å². The summed E-state index contributed by atoms with van der Waals surface area (Å²) in [6.07, 6.45) is 0. The van der Waals surface area contributed by atoms with Gasteiger partial charge in [0.25, 0.3) is 0 Å². The predicted molar refractivity (Wildman–Crippen MR) is 97.4 cm³/mol. The molecule has 0 unspecified atom stereocenters. The van der Waals surface area contributed by atoms with Crippen LogP contribution in [0, 0.1) is 5.82 Å². The zero-order valence-corrected chi connectivity index (χ0v) is 15.9. The molecule has 148 valence electrons. The summed E-state index contributed by atoms with van der Waals surface area (Å²) in [5.74, 6) is -0.777. The van der Waals surface area contributed by atoms with Gasteiger partial charge in [0.1, 0.15) is 5.82 Å². The lowest BCUT2D eigenvalue weighted by molar-refractivity contribution is -0.116. The summed E-state index contributed by atoms with van der Waals surface area (Å²) >= 11 is 0. The number of anilines is 1. The lowest BCUT2D eigenvalue weighted by Crippen LogP contribution is -2.35. The minimum atomic E-state index is -3.98. The number of Topliss-reactive ketones (excluding diaryl/α,β-unsaturated/α-hetero) is 1. The molecule has 1 amide bonds. The van der Waals surface area contributed by atoms with Crippen molar-refractivity contribution in [2.45, 2.75) is 11.8 Å². The van der Waals surface area contributed by atoms with Crippen LogP contribution in [0.2, 0.25) is 0 Å². The average Bonchev–Trinajstić information content (AvgIpc) is 3.08. The van der Waals surface area contributed by atoms with E-state index in [1.54, 1.807) is 0 Å². The first-order chi connectivity index (χ1) is 13.2. The van der Waals surface area contributed by atoms with Crippen molar-refractivity contribution in [3.8, 4) is 11.5 Å². The third kappa shape index (κ3) is 3.97. The second-order valence-electron chi connectivity index (χ2n) is 6.07. The number of nitrogens with one attached hydrogen (secondary N) is 1. The van der Waals surface area contributed by atoms with Gasteiger partial charge in [0.15, 0.2) is 17.3 Å². The largest absolute Gasteiger partial charge is 0.454 e. The molecule has 0 fully saturated rings. The Morgan fingerprint density at radius 1 is 1.14 bits per heavy atom. The first-order valence-electron chi connectivity index (χ1n) is 8.15. The third-order valence-electron chi connectivity index (χ3n) is 4.05. The normalized spacial score (nSPS) is 12.9. The van der Waals surface area contributed by atoms with E-state index in [0.717, 1.165) is 28.6 Å². The van der Waals surface area contributed by atoms with Crippen LogP contribution < -0.4 is 14.8 Å². The molecular weight excluding hydrogens is 391 g/mol. The molecule has 2 aromatic rings. The monoisotopic (exact) mass is 408 g/mol. The summed E-state index contributed by atoms with van der Waals surface area (Å²) in [5, 5.41) is 2.52. The van der Waals surface area contributed by atoms with Gasteiger partial charge in [-0.3, -0.25) is 9.59 Å². The molecule has 0 aliphatic carbocycles. The highest BCUT2D eigenvalue weighted by Gasteiger charge is 2.25. The lowest BCUT2D eigenvalue weighted by Gasteiger charge is -2.17. The highest BCUT2D eigenvalue weighted by Crippen LogP contribution is 2.37. The number of rotatable bonds is 6. The predicted octanol–water partition coefficient (Wildman–Crippen LogP) is 2.02. The molecule has 8 nitrogen and oxygen atoms in total. The molecule has 0 saturated heterocycles. The Hall–Kier alpha value is -2.98. The Morgan fingerprint density at radius 3 is 2.36 bits per heavy atom. The number of ether oxygens (including phenoxy) is 2. The number of nitrogens with zero attached hydrogens (tertiary/aromatic N) is 1. The van der Waals surface area contributed by atoms with Gasteiger partial charge < -0.3 is 14.8 Å². The van der Waals surface area contributed by atoms with Crippen molar-refractivity contribution in [3.63, 3.8) is 0 Å². The van der Waals surface area contributed by atoms with E-state index in [0.29, 0.717) is 11.5 Å². The van der Waals surface area contributed by atoms with Gasteiger partial charge >= 0.3 is 0 Å². The van der Waals surface area contributed by atoms with Crippen LogP contribution in [-0.4, -0.2) is 44.8 Å². The Labute approximate surface area is 160 Å². The van der Waals surface area contributed by atoms with Gasteiger partial charge in [0.05, 0.1) is 17.1 Å². The number of ketones is 1. The Morgan fingerprint density at radius 2 is 1.75 bits per heavy atom. The van der Waals surface area contributed by atoms with Crippen LogP contribution >= 0.6 is 0 Å². The number of carbonyl (C=O) groups is 2. The van der Waals surface area contributed by atoms with Crippen molar-refractivity contribution in [2.24, 2.45) is 0 Å². The maximum absolute atomic E-state index is 13.0. The fourth-order valence-corrected chi connectivity index (χ4v) is 3.73. The summed E-state index contributed by atoms with van der Waals surface area (Å²) in [7, 11) is -2.76. The average molecular weight is 408 g/mol. The van der Waals surface area contributed by atoms with Crippen molar-refractivity contribution in [1.29, 1.82) is 0 Å². The SMILES string of the molecule is CC(=O)c1cc2c(cc1NC(=O)CN(C)S(=O)(=O)c1ccc(F)cc1)OCO2. The van der Waals surface area contributed by atoms with E-state index < -0.39 is 28.3 Å². The van der Waals surface area contributed by atoms with Crippen molar-refractivity contribution in [2.75, 3.05) is 25.7 Å². The van der Waals surface area contributed by atoms with Crippen molar-refractivity contribution in [3.05, 3.63) is 47.8 Å². The smallest absolute Gasteiger partial charge is 0.243 e. The molecule has 0 aromatic heterocycles. The summed E-state index contributed by atoms with van der Waals surface area (Å²) in [6.45, 7) is 0.826. The molecule has 1 aliphatic heterocycles. The first kappa shape index (κ1) is 19.8. The molecule has 0 spiro atoms. The van der Waals surface area contributed by atoms with Gasteiger partial charge in [0.2, 0.25) is 22.7 Å². The van der Waals surface area contributed by atoms with E-state index in [1.165, 1.54) is 26.1 Å². The molecular formula is C18H17FN2O6S. The number of likely N-dealkylation sites (N-methyl/N-ethyl adjacent to an activating group) is 1. The maximum atomic E-state index is 13.0. The third-order valence-corrected chi connectivity index (χ3v) is 5.87. The summed E-state index contributed by atoms with van der Waals surface area (Å²) in [4.78, 5) is 24.1. The van der Waals surface area contributed by atoms with Crippen LogP contribution in [0.4, 0.5) is 10.1 Å². The highest BCUT2D eigenvalue weighted by molar-refractivity contribution is 7.89. The maximum Gasteiger partial charge on any atom is 0.243 e. The Kier molecular flexibility index (Phi) is 5.34. The fraction of sp³-hybridized carbons (Fsp3) is 0.222. The van der Waals surface area contributed by atoms with E-state index in [2.05, 4.69) is 5.32 Å². The molecule has 2 aromatic carbocycles. The van der Waals surface area contributed by atoms with Gasteiger partial charge in [0, 0.05) is 18.7 Å². The molecule has 1 N–H and O–H groups in total. The van der Waals surface area contributed by atoms with Gasteiger partial charge in [-0.15, -0.1) is 0 Å². The van der Waals surface area contributed by atoms with Crippen molar-refractivity contribution in [1.82, 2.24) is 4.31 Å². The molecule has 0 atom stereocenters. The second kappa shape index (κ2) is 7.56. The zero-order valence-electron chi connectivity index (χ0n) is 15.1. The number of benzene rings is 2. The minimum absolute atomic E-state index is 0.00271. The van der Waals surface area contributed by atoms with Crippen LogP contribution in [-0.2, 0) is 14.8 Å². The number of carbonyl (C=O) groups excluding carboxylic acids is 2. The van der Waals surface area contributed by atoms with Gasteiger partial charge in [-0.25, -0.2) is 12.8 Å². The molecule has 1 aliphatic rings. The van der Waals surface area contributed by atoms with E-state index in [-0.39, 0.29) is 28.7 Å². The van der Waals surface area contributed by atoms with E-state index in [9.17, 15) is 22.4 Å². The van der Waals surface area contributed by atoms with Crippen LogP contribution in [0.25, 0.3) is 0 Å². The summed E-state index contributed by atoms with van der Waals surface area (Å²) in [5.41, 5.74) is 0.399. The zero-order chi connectivity index (χ0) is 20.5. The number of sulfonamides is 1. The molecule has 10 heteroatoms. The van der Waals surface area contributed by atoms with Gasteiger partial charge in [-0.2, -0.15) is 4.31 Å². The lowest BCUT2D eigenvalue weighted by atomic mass is 10.1. The standard InChI is InChI=1S/C18H17FN2O6S/c1-11(22)14-7-16-17(27-10-26-16)8-15(14)20-18(23)9-21(2)28(24,25)13-5-3-12(19)4-6-13/h3-8H,9-10H2,1-2H3,(H,20,23). The van der Waals surface area contributed by atoms with Gasteiger partial charge in [-0.05, 0) is 37.3 Å². The van der Waals surface area contributed by atoms with Crippen LogP contribution in [0.15, 0.2) is 41.3 Å². The molecule has 0 radical (unpaired) electrons. The van der Waals surface area contributed by atoms with E-state index in [4.69, 9.17) is 9.47 Å². The van der Waals surface area contributed by atoms with Crippen LogP contribution in [0.1, 0.15) is 17.3 Å². The molecule has 1 heterocycles. The van der Waals surface area contributed by atoms with Crippen molar-refractivity contribution >= 4 is 27.4 Å². The quantitative estimate of drug-likeness (QED) is 0.734. The number of amides is 1. The molecule has 28 heavy (non-hydrogen) atoms. The second-order valence-corrected chi connectivity index (χ2v) is 8.12. The van der Waals surface area contributed by atoms with Gasteiger partial charge in [-0.1, -0.05) is 0 Å². The fourth-order valence-electron chi connectivity index (χ4n) is 2.60. The number of hydrogen-bond donors (Lipinski definition) is 1. The first-order valence-corrected chi connectivity index (χ1v) is 9.59. The molecule has 0 bridgehead atoms. The van der Waals surface area contributed by atoms with E-state index in [1.807, 2.05) is 0 Å². The molecule has 0 saturated carbocycles. The molecule has 3 rings (SSSR count). The summed E-state index contributed by atoms with van der Waals surface area (Å²) in [6, 6.07) is 7.18. The van der Waals surface area contributed by atoms with E-state index >= 15 is 0 Å². The number of halogens is 1. The highest BCUT2D eigenvalue weighted by atomic mass is 32.2. The summed E-state index contributed by atoms with van der Waals surface area (Å²) < 4.78 is 49.3. The van der Waals surface area contributed by atoms with Crippen LogP contribution in [0.5, 0.6) is 11.5 Å². The topological polar surface area (TPSA) is 102 Å². The Bertz CT molecular complexity index is 1040.